The zero-order valence-electron chi connectivity index (χ0n) is 21.0. The van der Waals surface area contributed by atoms with Gasteiger partial charge in [0.25, 0.3) is 0 Å². The number of nitrogens with one attached hydrogen (secondary N) is 1. The minimum atomic E-state index is -0.345. The minimum absolute atomic E-state index is 0.118. The highest BCUT2D eigenvalue weighted by molar-refractivity contribution is 5.76. The fourth-order valence-corrected chi connectivity index (χ4v) is 3.26. The molecule has 1 N–H and O–H groups in total. The number of unbranched alkanes of at least 4 members (excludes halogenated alkanes) is 1. The Morgan fingerprint density at radius 3 is 2.45 bits per heavy atom. The summed E-state index contributed by atoms with van der Waals surface area (Å²) in [6.45, 7) is 16.6. The Morgan fingerprint density at radius 2 is 1.81 bits per heavy atom. The first-order valence-corrected chi connectivity index (χ1v) is 12.1. The zero-order valence-corrected chi connectivity index (χ0v) is 21.0. The summed E-state index contributed by atoms with van der Waals surface area (Å²) in [5, 5.41) is 11.5. The molecule has 1 heterocycles. The predicted octanol–water partition coefficient (Wildman–Crippen LogP) is 5.03. The van der Waals surface area contributed by atoms with E-state index in [-0.39, 0.29) is 23.2 Å². The van der Waals surface area contributed by atoms with Crippen LogP contribution in [0.2, 0.25) is 0 Å². The van der Waals surface area contributed by atoms with Gasteiger partial charge in [0.15, 0.2) is 0 Å². The second kappa shape index (κ2) is 13.8. The quantitative estimate of drug-likeness (QED) is 0.369. The van der Waals surface area contributed by atoms with Crippen LogP contribution in [0.3, 0.4) is 0 Å². The third-order valence-electron chi connectivity index (χ3n) is 5.58. The fraction of sp³-hybridized carbons (Fsp3) is 0.875. The molecular formula is C24H46N4O3. The molecule has 0 fully saturated rings. The highest BCUT2D eigenvalue weighted by atomic mass is 16.5. The van der Waals surface area contributed by atoms with E-state index in [1.165, 1.54) is 0 Å². The van der Waals surface area contributed by atoms with E-state index >= 15 is 0 Å². The van der Waals surface area contributed by atoms with Crippen LogP contribution in [0.15, 0.2) is 6.20 Å². The number of hydrogen-bond acceptors (Lipinski definition) is 5. The maximum absolute atomic E-state index is 12.2. The van der Waals surface area contributed by atoms with E-state index < -0.39 is 0 Å². The highest BCUT2D eigenvalue weighted by Crippen LogP contribution is 2.21. The lowest BCUT2D eigenvalue weighted by Crippen LogP contribution is -2.36. The molecular weight excluding hydrogens is 392 g/mol. The Kier molecular flexibility index (Phi) is 12.3. The SMILES string of the molecule is CCCCn1cc(COC(C)(C)CCOC(C)(C)CCC(=O)NC(CC)CCC)nn1. The summed E-state index contributed by atoms with van der Waals surface area (Å²) in [7, 11) is 0. The smallest absolute Gasteiger partial charge is 0.220 e. The first-order chi connectivity index (χ1) is 14.6. The average Bonchev–Trinajstić information content (AvgIpc) is 3.16. The van der Waals surface area contributed by atoms with Crippen LogP contribution in [0, 0.1) is 0 Å². The molecule has 1 aromatic rings. The summed E-state index contributed by atoms with van der Waals surface area (Å²) in [4.78, 5) is 12.2. The van der Waals surface area contributed by atoms with E-state index in [1.807, 2.05) is 24.7 Å². The van der Waals surface area contributed by atoms with Crippen LogP contribution >= 0.6 is 0 Å². The van der Waals surface area contributed by atoms with Crippen molar-refractivity contribution in [3.63, 3.8) is 0 Å². The Balaban J connectivity index is 2.32. The maximum Gasteiger partial charge on any atom is 0.220 e. The number of aryl methyl sites for hydroxylation is 1. The normalized spacial score (nSPS) is 13.4. The molecule has 0 radical (unpaired) electrons. The van der Waals surface area contributed by atoms with Gasteiger partial charge in [-0.05, 0) is 59.8 Å². The molecule has 0 saturated heterocycles. The molecule has 0 aliphatic rings. The van der Waals surface area contributed by atoms with Crippen molar-refractivity contribution >= 4 is 5.91 Å². The number of ether oxygens (including phenoxy) is 2. The largest absolute Gasteiger partial charge is 0.375 e. The van der Waals surface area contributed by atoms with Gasteiger partial charge in [-0.25, -0.2) is 0 Å². The first kappa shape index (κ1) is 27.6. The van der Waals surface area contributed by atoms with Crippen molar-refractivity contribution in [2.24, 2.45) is 0 Å². The van der Waals surface area contributed by atoms with E-state index in [4.69, 9.17) is 9.47 Å². The molecule has 0 saturated carbocycles. The molecule has 0 spiro atoms. The van der Waals surface area contributed by atoms with E-state index in [2.05, 4.69) is 50.2 Å². The molecule has 31 heavy (non-hydrogen) atoms. The van der Waals surface area contributed by atoms with E-state index in [0.717, 1.165) is 50.8 Å². The first-order valence-electron chi connectivity index (χ1n) is 12.1. The second-order valence-electron chi connectivity index (χ2n) is 9.69. The van der Waals surface area contributed by atoms with Crippen molar-refractivity contribution in [3.05, 3.63) is 11.9 Å². The number of aromatic nitrogens is 3. The Bertz CT molecular complexity index is 628. The van der Waals surface area contributed by atoms with Crippen LogP contribution in [-0.4, -0.2) is 44.8 Å². The van der Waals surface area contributed by atoms with E-state index in [1.54, 1.807) is 0 Å². The van der Waals surface area contributed by atoms with Gasteiger partial charge in [-0.2, -0.15) is 0 Å². The van der Waals surface area contributed by atoms with Crippen LogP contribution in [0.25, 0.3) is 0 Å². The third kappa shape index (κ3) is 12.2. The third-order valence-corrected chi connectivity index (χ3v) is 5.58. The molecule has 1 atom stereocenters. The average molecular weight is 439 g/mol. The molecule has 7 heteroatoms. The number of carbonyl (C=O) groups is 1. The van der Waals surface area contributed by atoms with E-state index in [9.17, 15) is 4.79 Å². The van der Waals surface area contributed by atoms with Crippen LogP contribution in [-0.2, 0) is 27.4 Å². The molecule has 1 unspecified atom stereocenters. The molecule has 1 amide bonds. The lowest BCUT2D eigenvalue weighted by molar-refractivity contribution is -0.124. The van der Waals surface area contributed by atoms with Crippen molar-refractivity contribution in [1.82, 2.24) is 20.3 Å². The number of rotatable bonds is 17. The molecule has 1 aromatic heterocycles. The van der Waals surface area contributed by atoms with Gasteiger partial charge in [-0.3, -0.25) is 9.48 Å². The van der Waals surface area contributed by atoms with Crippen LogP contribution < -0.4 is 5.32 Å². The zero-order chi connectivity index (χ0) is 23.3. The molecule has 7 nitrogen and oxygen atoms in total. The van der Waals surface area contributed by atoms with Crippen molar-refractivity contribution in [3.8, 4) is 0 Å². The minimum Gasteiger partial charge on any atom is -0.375 e. The van der Waals surface area contributed by atoms with Gasteiger partial charge >= 0.3 is 0 Å². The molecule has 1 rings (SSSR count). The Labute approximate surface area is 189 Å². The number of hydrogen-bond donors (Lipinski definition) is 1. The van der Waals surface area contributed by atoms with Gasteiger partial charge in [0.1, 0.15) is 5.69 Å². The van der Waals surface area contributed by atoms with Crippen molar-refractivity contribution in [1.29, 1.82) is 0 Å². The summed E-state index contributed by atoms with van der Waals surface area (Å²) in [5.41, 5.74) is 0.182. The summed E-state index contributed by atoms with van der Waals surface area (Å²) < 4.78 is 14.0. The molecule has 0 bridgehead atoms. The number of amides is 1. The molecule has 0 aromatic carbocycles. The second-order valence-corrected chi connectivity index (χ2v) is 9.69. The van der Waals surface area contributed by atoms with Gasteiger partial charge in [0.05, 0.1) is 30.6 Å². The van der Waals surface area contributed by atoms with Crippen molar-refractivity contribution in [2.45, 2.75) is 130 Å². The molecule has 0 aliphatic heterocycles. The van der Waals surface area contributed by atoms with Gasteiger partial charge < -0.3 is 14.8 Å². The summed E-state index contributed by atoms with van der Waals surface area (Å²) in [6.07, 6.45) is 9.24. The lowest BCUT2D eigenvalue weighted by atomic mass is 10.0. The van der Waals surface area contributed by atoms with Crippen molar-refractivity contribution < 1.29 is 14.3 Å². The van der Waals surface area contributed by atoms with E-state index in [0.29, 0.717) is 26.1 Å². The summed E-state index contributed by atoms with van der Waals surface area (Å²) >= 11 is 0. The molecule has 0 aliphatic carbocycles. The van der Waals surface area contributed by atoms with Crippen LogP contribution in [0.5, 0.6) is 0 Å². The van der Waals surface area contributed by atoms with Crippen LogP contribution in [0.1, 0.15) is 106 Å². The number of carbonyl (C=O) groups excluding carboxylic acids is 1. The van der Waals surface area contributed by atoms with Gasteiger partial charge in [0, 0.05) is 19.0 Å². The van der Waals surface area contributed by atoms with Gasteiger partial charge in [0.2, 0.25) is 5.91 Å². The number of nitrogens with zero attached hydrogens (tertiary/aromatic N) is 3. The van der Waals surface area contributed by atoms with Gasteiger partial charge in [-0.15, -0.1) is 5.10 Å². The molecule has 180 valence electrons. The lowest BCUT2D eigenvalue weighted by Gasteiger charge is -2.29. The Hall–Kier alpha value is -1.47. The maximum atomic E-state index is 12.2. The highest BCUT2D eigenvalue weighted by Gasteiger charge is 2.24. The monoisotopic (exact) mass is 438 g/mol. The Morgan fingerprint density at radius 1 is 1.10 bits per heavy atom. The standard InChI is InChI=1S/C24H46N4O3/c1-8-11-16-28-18-21(26-27-28)19-31-24(6,7)15-17-30-23(4,5)14-13-22(29)25-20(10-3)12-9-2/h18,20H,8-17,19H2,1-7H3,(H,25,29). The summed E-state index contributed by atoms with van der Waals surface area (Å²) in [6, 6.07) is 0.285. The van der Waals surface area contributed by atoms with Crippen LogP contribution in [0.4, 0.5) is 0 Å². The van der Waals surface area contributed by atoms with Crippen molar-refractivity contribution in [2.75, 3.05) is 6.61 Å². The fourth-order valence-electron chi connectivity index (χ4n) is 3.26. The summed E-state index contributed by atoms with van der Waals surface area (Å²) in [5.74, 6) is 0.118. The predicted molar refractivity (Wildman–Crippen MR) is 125 cm³/mol. The topological polar surface area (TPSA) is 78.3 Å². The van der Waals surface area contributed by atoms with Gasteiger partial charge in [-0.1, -0.05) is 38.8 Å².